The summed E-state index contributed by atoms with van der Waals surface area (Å²) in [5.74, 6) is 0.865. The van der Waals surface area contributed by atoms with Crippen LogP contribution in [0.4, 0.5) is 5.69 Å². The van der Waals surface area contributed by atoms with Gasteiger partial charge in [-0.2, -0.15) is 0 Å². The smallest absolute Gasteiger partial charge is 0.119 e. The van der Waals surface area contributed by atoms with Crippen LogP contribution in [0.5, 0.6) is 5.75 Å². The van der Waals surface area contributed by atoms with Gasteiger partial charge in [-0.25, -0.2) is 0 Å². The highest BCUT2D eigenvalue weighted by Gasteiger charge is 1.98. The number of anilines is 1. The van der Waals surface area contributed by atoms with Crippen LogP contribution in [0.15, 0.2) is 65.7 Å². The first-order valence-electron chi connectivity index (χ1n) is 6.10. The summed E-state index contributed by atoms with van der Waals surface area (Å²) < 4.78 is 6.52. The van der Waals surface area contributed by atoms with E-state index in [1.807, 2.05) is 36.4 Å². The van der Waals surface area contributed by atoms with Crippen molar-refractivity contribution in [3.8, 4) is 5.75 Å². The number of hydrogen-bond donors (Lipinski definition) is 1. The van der Waals surface area contributed by atoms with Gasteiger partial charge >= 0.3 is 0 Å². The third-order valence-corrected chi connectivity index (χ3v) is 3.34. The van der Waals surface area contributed by atoms with E-state index in [1.165, 1.54) is 5.56 Å². The van der Waals surface area contributed by atoms with Gasteiger partial charge in [0.2, 0.25) is 0 Å². The molecule has 0 atom stereocenters. The van der Waals surface area contributed by atoms with Crippen molar-refractivity contribution in [2.75, 3.05) is 11.9 Å². The van der Waals surface area contributed by atoms with Crippen LogP contribution < -0.4 is 10.1 Å². The molecule has 0 spiro atoms. The number of rotatable bonds is 6. The molecule has 0 amide bonds. The van der Waals surface area contributed by atoms with Gasteiger partial charge in [0.05, 0.1) is 0 Å². The van der Waals surface area contributed by atoms with Gasteiger partial charge in [-0.3, -0.25) is 0 Å². The van der Waals surface area contributed by atoms with Crippen molar-refractivity contribution in [3.05, 3.63) is 71.2 Å². The molecule has 0 saturated carbocycles. The molecule has 0 aliphatic heterocycles. The second-order valence-corrected chi connectivity index (χ2v) is 4.93. The average Bonchev–Trinajstić information content (AvgIpc) is 2.45. The van der Waals surface area contributed by atoms with Crippen molar-refractivity contribution in [2.24, 2.45) is 0 Å². The minimum absolute atomic E-state index is 0.536. The fraction of sp³-hybridized carbons (Fsp3) is 0.125. The standard InChI is InChI=1S/C16H16BrNO/c1-2-11-19-14-9-7-13(8-10-14)12-18-16-6-4-3-5-15(16)17/h2-10,18H,1,11-12H2. The molecule has 0 radical (unpaired) electrons. The van der Waals surface area contributed by atoms with Crippen molar-refractivity contribution in [1.82, 2.24) is 0 Å². The normalized spacial score (nSPS) is 9.95. The first kappa shape index (κ1) is 13.7. The van der Waals surface area contributed by atoms with Gasteiger partial charge in [-0.05, 0) is 45.8 Å². The lowest BCUT2D eigenvalue weighted by Gasteiger charge is -2.09. The summed E-state index contributed by atoms with van der Waals surface area (Å²) in [6.07, 6.45) is 1.74. The molecule has 0 aliphatic carbocycles. The fourth-order valence-electron chi connectivity index (χ4n) is 1.66. The molecule has 0 fully saturated rings. The third-order valence-electron chi connectivity index (χ3n) is 2.65. The van der Waals surface area contributed by atoms with Crippen molar-refractivity contribution in [1.29, 1.82) is 0 Å². The molecule has 2 nitrogen and oxygen atoms in total. The Balaban J connectivity index is 1.93. The van der Waals surface area contributed by atoms with Crippen LogP contribution in [0.25, 0.3) is 0 Å². The number of ether oxygens (including phenoxy) is 1. The molecule has 2 aromatic rings. The highest BCUT2D eigenvalue weighted by atomic mass is 79.9. The average molecular weight is 318 g/mol. The summed E-state index contributed by atoms with van der Waals surface area (Å²) in [5.41, 5.74) is 2.30. The summed E-state index contributed by atoms with van der Waals surface area (Å²) in [6, 6.07) is 16.1. The Bertz CT molecular complexity index is 537. The molecule has 2 aromatic carbocycles. The SMILES string of the molecule is C=CCOc1ccc(CNc2ccccc2Br)cc1. The molecule has 2 rings (SSSR count). The summed E-state index contributed by atoms with van der Waals surface area (Å²) in [6.45, 7) is 4.94. The zero-order valence-corrected chi connectivity index (χ0v) is 12.2. The number of para-hydroxylation sites is 1. The molecule has 98 valence electrons. The first-order chi connectivity index (χ1) is 9.29. The van der Waals surface area contributed by atoms with E-state index in [1.54, 1.807) is 6.08 Å². The Morgan fingerprint density at radius 2 is 1.84 bits per heavy atom. The Morgan fingerprint density at radius 3 is 2.53 bits per heavy atom. The lowest BCUT2D eigenvalue weighted by atomic mass is 10.2. The molecule has 3 heteroatoms. The van der Waals surface area contributed by atoms with Crippen molar-refractivity contribution < 1.29 is 4.74 Å². The van der Waals surface area contributed by atoms with Gasteiger partial charge in [0.25, 0.3) is 0 Å². The minimum atomic E-state index is 0.536. The highest BCUT2D eigenvalue weighted by Crippen LogP contribution is 2.22. The molecule has 0 aromatic heterocycles. The molecule has 0 unspecified atom stereocenters. The molecule has 0 bridgehead atoms. The maximum absolute atomic E-state index is 5.45. The van der Waals surface area contributed by atoms with Crippen LogP contribution in [-0.2, 0) is 6.54 Å². The van der Waals surface area contributed by atoms with E-state index in [-0.39, 0.29) is 0 Å². The minimum Gasteiger partial charge on any atom is -0.490 e. The zero-order valence-electron chi connectivity index (χ0n) is 10.6. The van der Waals surface area contributed by atoms with E-state index < -0.39 is 0 Å². The van der Waals surface area contributed by atoms with E-state index >= 15 is 0 Å². The fourth-order valence-corrected chi connectivity index (χ4v) is 2.09. The summed E-state index contributed by atoms with van der Waals surface area (Å²) >= 11 is 3.52. The lowest BCUT2D eigenvalue weighted by Crippen LogP contribution is -2.00. The number of hydrogen-bond acceptors (Lipinski definition) is 2. The molecule has 19 heavy (non-hydrogen) atoms. The van der Waals surface area contributed by atoms with Crippen LogP contribution in [-0.4, -0.2) is 6.61 Å². The lowest BCUT2D eigenvalue weighted by molar-refractivity contribution is 0.363. The van der Waals surface area contributed by atoms with E-state index in [4.69, 9.17) is 4.74 Å². The summed E-state index contributed by atoms with van der Waals surface area (Å²) in [4.78, 5) is 0. The van der Waals surface area contributed by atoms with E-state index in [9.17, 15) is 0 Å². The van der Waals surface area contributed by atoms with E-state index in [0.29, 0.717) is 6.61 Å². The molecular formula is C16H16BrNO. The molecular weight excluding hydrogens is 302 g/mol. The Morgan fingerprint density at radius 1 is 1.11 bits per heavy atom. The monoisotopic (exact) mass is 317 g/mol. The molecule has 0 heterocycles. The summed E-state index contributed by atoms with van der Waals surface area (Å²) in [7, 11) is 0. The van der Waals surface area contributed by atoms with Gasteiger partial charge in [-0.1, -0.05) is 36.9 Å². The van der Waals surface area contributed by atoms with Gasteiger partial charge in [0.15, 0.2) is 0 Å². The number of benzene rings is 2. The Hall–Kier alpha value is -1.74. The van der Waals surface area contributed by atoms with Gasteiger partial charge in [0, 0.05) is 16.7 Å². The predicted octanol–water partition coefficient (Wildman–Crippen LogP) is 4.63. The molecule has 1 N–H and O–H groups in total. The van der Waals surface area contributed by atoms with Crippen LogP contribution in [0.1, 0.15) is 5.56 Å². The second kappa shape index (κ2) is 7.00. The van der Waals surface area contributed by atoms with Gasteiger partial charge in [0.1, 0.15) is 12.4 Å². The molecule has 0 saturated heterocycles. The maximum atomic E-state index is 5.45. The third kappa shape index (κ3) is 4.14. The Labute approximate surface area is 122 Å². The van der Waals surface area contributed by atoms with Crippen molar-refractivity contribution in [2.45, 2.75) is 6.54 Å². The van der Waals surface area contributed by atoms with E-state index in [0.717, 1.165) is 22.5 Å². The highest BCUT2D eigenvalue weighted by molar-refractivity contribution is 9.10. The largest absolute Gasteiger partial charge is 0.490 e. The predicted molar refractivity (Wildman–Crippen MR) is 83.6 cm³/mol. The second-order valence-electron chi connectivity index (χ2n) is 4.08. The van der Waals surface area contributed by atoms with Crippen molar-refractivity contribution in [3.63, 3.8) is 0 Å². The van der Waals surface area contributed by atoms with Crippen LogP contribution in [0.2, 0.25) is 0 Å². The van der Waals surface area contributed by atoms with Crippen molar-refractivity contribution >= 4 is 21.6 Å². The Kier molecular flexibility index (Phi) is 5.04. The topological polar surface area (TPSA) is 21.3 Å². The van der Waals surface area contributed by atoms with Crippen LogP contribution >= 0.6 is 15.9 Å². The maximum Gasteiger partial charge on any atom is 0.119 e. The summed E-state index contributed by atoms with van der Waals surface area (Å²) in [5, 5.41) is 3.39. The van der Waals surface area contributed by atoms with Crippen LogP contribution in [0, 0.1) is 0 Å². The van der Waals surface area contributed by atoms with Gasteiger partial charge < -0.3 is 10.1 Å². The molecule has 0 aliphatic rings. The van der Waals surface area contributed by atoms with Gasteiger partial charge in [-0.15, -0.1) is 0 Å². The zero-order chi connectivity index (χ0) is 13.5. The quantitative estimate of drug-likeness (QED) is 0.784. The number of halogens is 1. The van der Waals surface area contributed by atoms with Crippen LogP contribution in [0.3, 0.4) is 0 Å². The number of nitrogens with one attached hydrogen (secondary N) is 1. The first-order valence-corrected chi connectivity index (χ1v) is 6.90. The van der Waals surface area contributed by atoms with E-state index in [2.05, 4.69) is 40.0 Å².